The molecule has 0 amide bonds. The zero-order valence-electron chi connectivity index (χ0n) is 10.6. The lowest BCUT2D eigenvalue weighted by molar-refractivity contribution is -0.139. The molecular formula is C13H15ClO4. The van der Waals surface area contributed by atoms with E-state index in [0.717, 1.165) is 5.56 Å². The van der Waals surface area contributed by atoms with Crippen molar-refractivity contribution >= 4 is 23.4 Å². The number of rotatable bonds is 5. The van der Waals surface area contributed by atoms with Crippen LogP contribution in [0, 0.1) is 6.92 Å². The highest BCUT2D eigenvalue weighted by Crippen LogP contribution is 2.28. The average Bonchev–Trinajstić information content (AvgIpc) is 2.33. The average molecular weight is 271 g/mol. The zero-order valence-corrected chi connectivity index (χ0v) is 11.3. The van der Waals surface area contributed by atoms with E-state index in [-0.39, 0.29) is 12.2 Å². The van der Waals surface area contributed by atoms with Crippen molar-refractivity contribution < 1.29 is 19.1 Å². The second-order valence-corrected chi connectivity index (χ2v) is 4.11. The summed E-state index contributed by atoms with van der Waals surface area (Å²) in [6, 6.07) is 3.21. The molecule has 5 heteroatoms. The summed E-state index contributed by atoms with van der Waals surface area (Å²) in [6.07, 6.45) is -0.290. The molecule has 0 aromatic heterocycles. The molecule has 0 fully saturated rings. The van der Waals surface area contributed by atoms with Crippen LogP contribution in [0.4, 0.5) is 0 Å². The van der Waals surface area contributed by atoms with Crippen molar-refractivity contribution in [1.29, 1.82) is 0 Å². The summed E-state index contributed by atoms with van der Waals surface area (Å²) < 4.78 is 9.78. The van der Waals surface area contributed by atoms with Crippen molar-refractivity contribution in [3.8, 4) is 5.75 Å². The first kappa shape index (κ1) is 14.5. The molecule has 1 rings (SSSR count). The van der Waals surface area contributed by atoms with E-state index < -0.39 is 5.97 Å². The monoisotopic (exact) mass is 270 g/mol. The number of halogens is 1. The number of hydrogen-bond acceptors (Lipinski definition) is 4. The number of methoxy groups -OCH3 is 1. The Balaban J connectivity index is 3.00. The van der Waals surface area contributed by atoms with Gasteiger partial charge in [-0.2, -0.15) is 0 Å². The van der Waals surface area contributed by atoms with E-state index in [1.54, 1.807) is 13.0 Å². The van der Waals surface area contributed by atoms with Gasteiger partial charge in [0, 0.05) is 5.56 Å². The molecule has 0 radical (unpaired) electrons. The molecule has 0 N–H and O–H groups in total. The van der Waals surface area contributed by atoms with Gasteiger partial charge in [0.1, 0.15) is 12.2 Å². The molecule has 18 heavy (non-hydrogen) atoms. The number of benzene rings is 1. The quantitative estimate of drug-likeness (QED) is 0.469. The highest BCUT2D eigenvalue weighted by atomic mass is 35.5. The van der Waals surface area contributed by atoms with E-state index in [1.165, 1.54) is 13.2 Å². The molecule has 0 aliphatic heterocycles. The van der Waals surface area contributed by atoms with E-state index in [4.69, 9.17) is 16.3 Å². The Kier molecular flexibility index (Phi) is 5.16. The highest BCUT2D eigenvalue weighted by Gasteiger charge is 2.16. The minimum atomic E-state index is -0.565. The molecular weight excluding hydrogens is 256 g/mol. The van der Waals surface area contributed by atoms with Crippen molar-refractivity contribution in [3.63, 3.8) is 0 Å². The third kappa shape index (κ3) is 3.47. The van der Waals surface area contributed by atoms with Gasteiger partial charge in [-0.15, -0.1) is 0 Å². The molecule has 0 atom stereocenters. The molecule has 0 saturated carbocycles. The van der Waals surface area contributed by atoms with Crippen LogP contribution in [0.2, 0.25) is 5.02 Å². The zero-order chi connectivity index (χ0) is 13.7. The maximum Gasteiger partial charge on any atom is 0.313 e. The first-order valence-corrected chi connectivity index (χ1v) is 5.90. The third-order valence-electron chi connectivity index (χ3n) is 2.41. The van der Waals surface area contributed by atoms with Gasteiger partial charge in [-0.05, 0) is 31.5 Å². The second kappa shape index (κ2) is 6.40. The van der Waals surface area contributed by atoms with Gasteiger partial charge >= 0.3 is 5.97 Å². The van der Waals surface area contributed by atoms with Crippen LogP contribution in [0.3, 0.4) is 0 Å². The third-order valence-corrected chi connectivity index (χ3v) is 2.71. The molecule has 4 nitrogen and oxygen atoms in total. The van der Waals surface area contributed by atoms with Crippen molar-refractivity contribution in [1.82, 2.24) is 0 Å². The standard InChI is InChI=1S/C13H15ClO4/c1-4-18-12-5-8(2)9(6-10(12)14)11(15)7-13(16)17-3/h5-6H,4,7H2,1-3H3. The van der Waals surface area contributed by atoms with Gasteiger partial charge < -0.3 is 9.47 Å². The van der Waals surface area contributed by atoms with Gasteiger partial charge in [-0.1, -0.05) is 11.6 Å². The highest BCUT2D eigenvalue weighted by molar-refractivity contribution is 6.32. The largest absolute Gasteiger partial charge is 0.492 e. The summed E-state index contributed by atoms with van der Waals surface area (Å²) in [6.45, 7) is 4.11. The van der Waals surface area contributed by atoms with Gasteiger partial charge in [0.2, 0.25) is 0 Å². The van der Waals surface area contributed by atoms with E-state index in [2.05, 4.69) is 4.74 Å². The number of hydrogen-bond donors (Lipinski definition) is 0. The SMILES string of the molecule is CCOc1cc(C)c(C(=O)CC(=O)OC)cc1Cl. The maximum absolute atomic E-state index is 11.9. The van der Waals surface area contributed by atoms with Crippen LogP contribution >= 0.6 is 11.6 Å². The fourth-order valence-corrected chi connectivity index (χ4v) is 1.74. The van der Waals surface area contributed by atoms with Gasteiger partial charge in [0.05, 0.1) is 18.7 Å². The second-order valence-electron chi connectivity index (χ2n) is 3.71. The molecule has 0 unspecified atom stereocenters. The number of Topliss-reactive ketones (excluding diaryl/α,β-unsaturated/α-hetero) is 1. The Morgan fingerprint density at radius 2 is 2.00 bits per heavy atom. The number of ketones is 1. The summed E-state index contributed by atoms with van der Waals surface area (Å²) in [5.41, 5.74) is 1.13. The Morgan fingerprint density at radius 3 is 2.56 bits per heavy atom. The lowest BCUT2D eigenvalue weighted by atomic mass is 10.0. The molecule has 0 aliphatic rings. The summed E-state index contributed by atoms with van der Waals surface area (Å²) in [5.74, 6) is -0.347. The molecule has 1 aromatic carbocycles. The summed E-state index contributed by atoms with van der Waals surface area (Å²) in [7, 11) is 1.24. The van der Waals surface area contributed by atoms with Crippen molar-refractivity contribution in [3.05, 3.63) is 28.3 Å². The normalized spacial score (nSPS) is 10.0. The molecule has 0 aliphatic carbocycles. The predicted molar refractivity (Wildman–Crippen MR) is 68.3 cm³/mol. The topological polar surface area (TPSA) is 52.6 Å². The maximum atomic E-state index is 11.9. The van der Waals surface area contributed by atoms with Crippen LogP contribution in [-0.4, -0.2) is 25.5 Å². The Bertz CT molecular complexity index is 468. The lowest BCUT2D eigenvalue weighted by Crippen LogP contribution is -2.11. The first-order valence-electron chi connectivity index (χ1n) is 5.52. The van der Waals surface area contributed by atoms with E-state index >= 15 is 0 Å². The van der Waals surface area contributed by atoms with Gasteiger partial charge in [-0.25, -0.2) is 0 Å². The van der Waals surface area contributed by atoms with Crippen LogP contribution < -0.4 is 4.74 Å². The fraction of sp³-hybridized carbons (Fsp3) is 0.385. The van der Waals surface area contributed by atoms with E-state index in [9.17, 15) is 9.59 Å². The smallest absolute Gasteiger partial charge is 0.313 e. The van der Waals surface area contributed by atoms with Gasteiger partial charge in [0.15, 0.2) is 5.78 Å². The Labute approximate surface area is 111 Å². The minimum Gasteiger partial charge on any atom is -0.492 e. The molecule has 0 spiro atoms. The van der Waals surface area contributed by atoms with Crippen molar-refractivity contribution in [2.45, 2.75) is 20.3 Å². The van der Waals surface area contributed by atoms with E-state index in [1.807, 2.05) is 6.92 Å². The number of aryl methyl sites for hydroxylation is 1. The Hall–Kier alpha value is -1.55. The van der Waals surface area contributed by atoms with Crippen LogP contribution in [0.5, 0.6) is 5.75 Å². The van der Waals surface area contributed by atoms with Gasteiger partial charge in [-0.3, -0.25) is 9.59 Å². The molecule has 0 heterocycles. The number of ether oxygens (including phenoxy) is 2. The molecule has 1 aromatic rings. The van der Waals surface area contributed by atoms with Crippen molar-refractivity contribution in [2.24, 2.45) is 0 Å². The first-order chi connectivity index (χ1) is 8.49. The molecule has 98 valence electrons. The minimum absolute atomic E-state index is 0.290. The van der Waals surface area contributed by atoms with Crippen LogP contribution in [0.25, 0.3) is 0 Å². The molecule has 0 bridgehead atoms. The van der Waals surface area contributed by atoms with Crippen LogP contribution in [0.15, 0.2) is 12.1 Å². The van der Waals surface area contributed by atoms with Crippen LogP contribution in [-0.2, 0) is 9.53 Å². The number of carbonyl (C=O) groups excluding carboxylic acids is 2. The predicted octanol–water partition coefficient (Wildman–Crippen LogP) is 2.79. The van der Waals surface area contributed by atoms with Crippen molar-refractivity contribution in [2.75, 3.05) is 13.7 Å². The van der Waals surface area contributed by atoms with E-state index in [0.29, 0.717) is 22.9 Å². The molecule has 0 saturated heterocycles. The summed E-state index contributed by atoms with van der Waals surface area (Å²) in [4.78, 5) is 22.9. The lowest BCUT2D eigenvalue weighted by Gasteiger charge is -2.10. The number of carbonyl (C=O) groups is 2. The fourth-order valence-electron chi connectivity index (χ4n) is 1.52. The number of esters is 1. The summed E-state index contributed by atoms with van der Waals surface area (Å²) in [5, 5.41) is 0.357. The summed E-state index contributed by atoms with van der Waals surface area (Å²) >= 11 is 6.00. The van der Waals surface area contributed by atoms with Gasteiger partial charge in [0.25, 0.3) is 0 Å². The Morgan fingerprint density at radius 1 is 1.33 bits per heavy atom. The van der Waals surface area contributed by atoms with Crippen LogP contribution in [0.1, 0.15) is 29.3 Å².